The Morgan fingerprint density at radius 1 is 1.10 bits per heavy atom. The van der Waals surface area contributed by atoms with Crippen LogP contribution in [0.25, 0.3) is 10.6 Å². The normalized spacial score (nSPS) is 13.1. The number of carbonyl (C=O) groups is 1. The number of ether oxygens (including phenoxy) is 2. The van der Waals surface area contributed by atoms with E-state index in [1.54, 1.807) is 25.6 Å². The number of thiazole rings is 1. The Morgan fingerprint density at radius 2 is 1.79 bits per heavy atom. The van der Waals surface area contributed by atoms with Crippen LogP contribution in [0, 0.1) is 6.92 Å². The SMILES string of the molecule is COc1cc2c(cc1OC)CN(C(=O)Cc1csc(-c3ccc(C)cc3)n1)CC2. The van der Waals surface area contributed by atoms with Crippen LogP contribution in [0.4, 0.5) is 0 Å². The lowest BCUT2D eigenvalue weighted by Crippen LogP contribution is -2.37. The quantitative estimate of drug-likeness (QED) is 0.633. The number of nitrogens with zero attached hydrogens (tertiary/aromatic N) is 2. The number of carbonyl (C=O) groups excluding carboxylic acids is 1. The molecule has 1 aromatic heterocycles. The number of fused-ring (bicyclic) bond motifs is 1. The molecular formula is C23H24N2O3S. The molecule has 0 bridgehead atoms. The molecule has 0 spiro atoms. The maximum atomic E-state index is 12.9. The van der Waals surface area contributed by atoms with Crippen LogP contribution >= 0.6 is 11.3 Å². The van der Waals surface area contributed by atoms with Gasteiger partial charge < -0.3 is 14.4 Å². The summed E-state index contributed by atoms with van der Waals surface area (Å²) < 4.78 is 10.8. The molecular weight excluding hydrogens is 384 g/mol. The van der Waals surface area contributed by atoms with Crippen molar-refractivity contribution in [1.29, 1.82) is 0 Å². The third-order valence-corrected chi connectivity index (χ3v) is 6.19. The van der Waals surface area contributed by atoms with Gasteiger partial charge in [-0.2, -0.15) is 0 Å². The van der Waals surface area contributed by atoms with E-state index in [0.29, 0.717) is 25.3 Å². The molecule has 1 amide bonds. The fraction of sp³-hybridized carbons (Fsp3) is 0.304. The van der Waals surface area contributed by atoms with E-state index in [9.17, 15) is 4.79 Å². The Morgan fingerprint density at radius 3 is 2.48 bits per heavy atom. The smallest absolute Gasteiger partial charge is 0.228 e. The van der Waals surface area contributed by atoms with Crippen LogP contribution in [0.1, 0.15) is 22.4 Å². The molecule has 1 aliphatic rings. The Kier molecular flexibility index (Phi) is 5.53. The van der Waals surface area contributed by atoms with Gasteiger partial charge in [-0.05, 0) is 36.6 Å². The summed E-state index contributed by atoms with van der Waals surface area (Å²) in [4.78, 5) is 19.5. The first-order valence-electron chi connectivity index (χ1n) is 9.60. The highest BCUT2D eigenvalue weighted by Crippen LogP contribution is 2.33. The second-order valence-electron chi connectivity index (χ2n) is 7.23. The van der Waals surface area contributed by atoms with Crippen molar-refractivity contribution in [1.82, 2.24) is 9.88 Å². The maximum Gasteiger partial charge on any atom is 0.228 e. The molecule has 5 nitrogen and oxygen atoms in total. The zero-order valence-electron chi connectivity index (χ0n) is 16.9. The van der Waals surface area contributed by atoms with Gasteiger partial charge in [0, 0.05) is 24.0 Å². The van der Waals surface area contributed by atoms with E-state index in [-0.39, 0.29) is 5.91 Å². The fourth-order valence-electron chi connectivity index (χ4n) is 3.58. The molecule has 4 rings (SSSR count). The molecule has 0 aliphatic carbocycles. The average molecular weight is 409 g/mol. The van der Waals surface area contributed by atoms with Gasteiger partial charge in [-0.15, -0.1) is 11.3 Å². The second-order valence-corrected chi connectivity index (χ2v) is 8.09. The van der Waals surface area contributed by atoms with Crippen LogP contribution in [-0.4, -0.2) is 36.6 Å². The topological polar surface area (TPSA) is 51.7 Å². The highest BCUT2D eigenvalue weighted by atomic mass is 32.1. The number of amides is 1. The summed E-state index contributed by atoms with van der Waals surface area (Å²) in [6.45, 7) is 3.36. The minimum Gasteiger partial charge on any atom is -0.493 e. The summed E-state index contributed by atoms with van der Waals surface area (Å²) in [6, 6.07) is 12.3. The second kappa shape index (κ2) is 8.25. The van der Waals surface area contributed by atoms with Crippen LogP contribution in [0.15, 0.2) is 41.8 Å². The van der Waals surface area contributed by atoms with Gasteiger partial charge in [0.15, 0.2) is 11.5 Å². The van der Waals surface area contributed by atoms with Crippen molar-refractivity contribution in [2.45, 2.75) is 26.3 Å². The summed E-state index contributed by atoms with van der Waals surface area (Å²) >= 11 is 1.58. The number of hydrogen-bond acceptors (Lipinski definition) is 5. The first kappa shape index (κ1) is 19.5. The van der Waals surface area contributed by atoms with Crippen molar-refractivity contribution in [2.75, 3.05) is 20.8 Å². The minimum atomic E-state index is 0.103. The van der Waals surface area contributed by atoms with Gasteiger partial charge in [-0.25, -0.2) is 4.98 Å². The van der Waals surface area contributed by atoms with Gasteiger partial charge in [0.25, 0.3) is 0 Å². The lowest BCUT2D eigenvalue weighted by Gasteiger charge is -2.29. The number of aromatic nitrogens is 1. The summed E-state index contributed by atoms with van der Waals surface area (Å²) in [5.74, 6) is 1.53. The van der Waals surface area contributed by atoms with Crippen molar-refractivity contribution in [3.05, 3.63) is 64.2 Å². The Labute approximate surface area is 174 Å². The van der Waals surface area contributed by atoms with Gasteiger partial charge >= 0.3 is 0 Å². The molecule has 1 aliphatic heterocycles. The third-order valence-electron chi connectivity index (χ3n) is 5.25. The first-order valence-corrected chi connectivity index (χ1v) is 10.5. The van der Waals surface area contributed by atoms with E-state index in [2.05, 4.69) is 36.2 Å². The van der Waals surface area contributed by atoms with Crippen LogP contribution in [0.3, 0.4) is 0 Å². The average Bonchev–Trinajstić information content (AvgIpc) is 3.21. The Balaban J connectivity index is 1.45. The van der Waals surface area contributed by atoms with E-state index < -0.39 is 0 Å². The molecule has 0 atom stereocenters. The molecule has 6 heteroatoms. The summed E-state index contributed by atoms with van der Waals surface area (Å²) in [5.41, 5.74) is 5.46. The molecule has 29 heavy (non-hydrogen) atoms. The van der Waals surface area contributed by atoms with E-state index in [0.717, 1.165) is 34.0 Å². The molecule has 0 radical (unpaired) electrons. The number of rotatable bonds is 5. The fourth-order valence-corrected chi connectivity index (χ4v) is 4.41. The van der Waals surface area contributed by atoms with Crippen molar-refractivity contribution < 1.29 is 14.3 Å². The predicted octanol–water partition coefficient (Wildman–Crippen LogP) is 4.26. The molecule has 0 saturated carbocycles. The largest absolute Gasteiger partial charge is 0.493 e. The predicted molar refractivity (Wildman–Crippen MR) is 115 cm³/mol. The van der Waals surface area contributed by atoms with Crippen LogP contribution in [0.2, 0.25) is 0 Å². The lowest BCUT2D eigenvalue weighted by atomic mass is 9.98. The van der Waals surface area contributed by atoms with E-state index in [1.165, 1.54) is 11.1 Å². The van der Waals surface area contributed by atoms with Gasteiger partial charge in [-0.1, -0.05) is 29.8 Å². The Hall–Kier alpha value is -2.86. The summed E-state index contributed by atoms with van der Waals surface area (Å²) in [7, 11) is 3.27. The Bertz CT molecular complexity index is 1030. The van der Waals surface area contributed by atoms with Crippen LogP contribution in [0.5, 0.6) is 11.5 Å². The lowest BCUT2D eigenvalue weighted by molar-refractivity contribution is -0.131. The van der Waals surface area contributed by atoms with Crippen molar-refractivity contribution in [3.63, 3.8) is 0 Å². The van der Waals surface area contributed by atoms with E-state index >= 15 is 0 Å². The summed E-state index contributed by atoms with van der Waals surface area (Å²) in [6.07, 6.45) is 1.14. The number of methoxy groups -OCH3 is 2. The number of hydrogen-bond donors (Lipinski definition) is 0. The van der Waals surface area contributed by atoms with E-state index in [4.69, 9.17) is 9.47 Å². The minimum absolute atomic E-state index is 0.103. The standard InChI is InChI=1S/C23H24N2O3S/c1-15-4-6-16(7-5-15)23-24-19(14-29-23)12-22(26)25-9-8-17-10-20(27-2)21(28-3)11-18(17)13-25/h4-7,10-11,14H,8-9,12-13H2,1-3H3. The molecule has 0 N–H and O–H groups in total. The number of benzene rings is 2. The monoisotopic (exact) mass is 408 g/mol. The molecule has 2 aromatic carbocycles. The summed E-state index contributed by atoms with van der Waals surface area (Å²) in [5, 5.41) is 2.94. The van der Waals surface area contributed by atoms with Crippen molar-refractivity contribution in [2.24, 2.45) is 0 Å². The highest BCUT2D eigenvalue weighted by molar-refractivity contribution is 7.13. The molecule has 0 saturated heterocycles. The zero-order valence-corrected chi connectivity index (χ0v) is 17.7. The van der Waals surface area contributed by atoms with Gasteiger partial charge in [-0.3, -0.25) is 4.79 Å². The molecule has 2 heterocycles. The van der Waals surface area contributed by atoms with Crippen LogP contribution in [-0.2, 0) is 24.2 Å². The van der Waals surface area contributed by atoms with Gasteiger partial charge in [0.1, 0.15) is 5.01 Å². The molecule has 0 fully saturated rings. The first-order chi connectivity index (χ1) is 14.1. The van der Waals surface area contributed by atoms with Crippen molar-refractivity contribution >= 4 is 17.2 Å². The van der Waals surface area contributed by atoms with Gasteiger partial charge in [0.2, 0.25) is 5.91 Å². The molecule has 150 valence electrons. The van der Waals surface area contributed by atoms with Crippen LogP contribution < -0.4 is 9.47 Å². The van der Waals surface area contributed by atoms with Crippen molar-refractivity contribution in [3.8, 4) is 22.1 Å². The molecule has 3 aromatic rings. The van der Waals surface area contributed by atoms with E-state index in [1.807, 2.05) is 22.4 Å². The highest BCUT2D eigenvalue weighted by Gasteiger charge is 2.23. The third kappa shape index (κ3) is 4.12. The maximum absolute atomic E-state index is 12.9. The molecule has 0 unspecified atom stereocenters. The number of aryl methyl sites for hydroxylation is 1. The van der Waals surface area contributed by atoms with Gasteiger partial charge in [0.05, 0.1) is 26.3 Å². The zero-order chi connectivity index (χ0) is 20.4.